The van der Waals surface area contributed by atoms with E-state index in [0.717, 1.165) is 36.4 Å². The first kappa shape index (κ1) is 22.0. The molecule has 1 amide bonds. The van der Waals surface area contributed by atoms with Gasteiger partial charge in [-0.15, -0.1) is 0 Å². The van der Waals surface area contributed by atoms with E-state index in [9.17, 15) is 17.6 Å². The maximum absolute atomic E-state index is 13.1. The van der Waals surface area contributed by atoms with Crippen molar-refractivity contribution in [3.05, 3.63) is 89.7 Å². The molecule has 6 nitrogen and oxygen atoms in total. The second kappa shape index (κ2) is 9.50. The molecule has 3 aromatic rings. The maximum atomic E-state index is 13.1. The molecule has 0 atom stereocenters. The number of amides is 1. The highest BCUT2D eigenvalue weighted by Crippen LogP contribution is 2.29. The van der Waals surface area contributed by atoms with Gasteiger partial charge in [0.2, 0.25) is 0 Å². The Morgan fingerprint density at radius 3 is 2.50 bits per heavy atom. The zero-order chi connectivity index (χ0) is 22.6. The Kier molecular flexibility index (Phi) is 6.53. The predicted octanol–water partition coefficient (Wildman–Crippen LogP) is 4.81. The van der Waals surface area contributed by atoms with Crippen molar-refractivity contribution in [2.24, 2.45) is 5.92 Å². The molecule has 0 spiro atoms. The van der Waals surface area contributed by atoms with Crippen LogP contribution in [0.5, 0.6) is 0 Å². The molecule has 8 heteroatoms. The lowest BCUT2D eigenvalue weighted by Gasteiger charge is -2.13. The van der Waals surface area contributed by atoms with Crippen molar-refractivity contribution in [1.29, 1.82) is 0 Å². The van der Waals surface area contributed by atoms with Crippen LogP contribution in [0.2, 0.25) is 0 Å². The van der Waals surface area contributed by atoms with Gasteiger partial charge in [-0.1, -0.05) is 24.3 Å². The summed E-state index contributed by atoms with van der Waals surface area (Å²) in [6.45, 7) is 1.21. The van der Waals surface area contributed by atoms with Crippen LogP contribution in [-0.4, -0.2) is 20.9 Å². The van der Waals surface area contributed by atoms with Gasteiger partial charge in [0.15, 0.2) is 0 Å². The highest BCUT2D eigenvalue weighted by Gasteiger charge is 2.21. The second-order valence-electron chi connectivity index (χ2n) is 7.72. The zero-order valence-corrected chi connectivity index (χ0v) is 18.1. The second-order valence-corrected chi connectivity index (χ2v) is 9.40. The van der Waals surface area contributed by atoms with Crippen LogP contribution in [0.4, 0.5) is 15.8 Å². The lowest BCUT2D eigenvalue weighted by molar-refractivity contribution is 0.102. The Bertz CT molecular complexity index is 1210. The monoisotopic (exact) mass is 454 g/mol. The summed E-state index contributed by atoms with van der Waals surface area (Å²) in [6, 6.07) is 18.1. The SMILES string of the molecule is O=C(Nc1cccc(COCC2CC2)c1)c1ccccc1NS(=O)(=O)c1ccc(F)cc1. The molecule has 0 aliphatic heterocycles. The van der Waals surface area contributed by atoms with Gasteiger partial charge in [-0.2, -0.15) is 0 Å². The third kappa shape index (κ3) is 5.72. The van der Waals surface area contributed by atoms with Crippen molar-refractivity contribution >= 4 is 27.3 Å². The Hall–Kier alpha value is -3.23. The molecule has 0 bridgehead atoms. The molecule has 166 valence electrons. The number of carbonyl (C=O) groups is 1. The topological polar surface area (TPSA) is 84.5 Å². The molecule has 0 saturated heterocycles. The quantitative estimate of drug-likeness (QED) is 0.486. The van der Waals surface area contributed by atoms with Crippen LogP contribution >= 0.6 is 0 Å². The van der Waals surface area contributed by atoms with Gasteiger partial charge in [0, 0.05) is 12.3 Å². The number of ether oxygens (including phenoxy) is 1. The fourth-order valence-corrected chi connectivity index (χ4v) is 4.23. The molecule has 0 radical (unpaired) electrons. The first-order valence-electron chi connectivity index (χ1n) is 10.3. The first-order chi connectivity index (χ1) is 15.4. The summed E-state index contributed by atoms with van der Waals surface area (Å²) >= 11 is 0. The number of nitrogens with one attached hydrogen (secondary N) is 2. The number of hydrogen-bond donors (Lipinski definition) is 2. The van der Waals surface area contributed by atoms with Gasteiger partial charge in [-0.3, -0.25) is 9.52 Å². The van der Waals surface area contributed by atoms with Crippen LogP contribution in [-0.2, 0) is 21.4 Å². The molecule has 2 N–H and O–H groups in total. The molecule has 1 aliphatic carbocycles. The van der Waals surface area contributed by atoms with Crippen LogP contribution in [0.25, 0.3) is 0 Å². The summed E-state index contributed by atoms with van der Waals surface area (Å²) < 4.78 is 46.6. The fourth-order valence-electron chi connectivity index (χ4n) is 3.15. The average Bonchev–Trinajstić information content (AvgIpc) is 3.59. The summed E-state index contributed by atoms with van der Waals surface area (Å²) in [5.74, 6) is -0.324. The molecule has 1 fully saturated rings. The molecule has 32 heavy (non-hydrogen) atoms. The summed E-state index contributed by atoms with van der Waals surface area (Å²) in [6.07, 6.45) is 2.45. The van der Waals surface area contributed by atoms with Crippen molar-refractivity contribution < 1.29 is 22.3 Å². The Labute approximate surface area is 186 Å². The zero-order valence-electron chi connectivity index (χ0n) is 17.3. The van der Waals surface area contributed by atoms with Gasteiger partial charge in [-0.25, -0.2) is 12.8 Å². The largest absolute Gasteiger partial charge is 0.376 e. The number of para-hydroxylation sites is 1. The molecule has 4 rings (SSSR count). The molecule has 1 aliphatic rings. The molecular formula is C24H23FN2O4S. The van der Waals surface area contributed by atoms with Gasteiger partial charge in [0.25, 0.3) is 15.9 Å². The van der Waals surface area contributed by atoms with E-state index in [4.69, 9.17) is 4.74 Å². The van der Waals surface area contributed by atoms with Crippen molar-refractivity contribution in [3.63, 3.8) is 0 Å². The minimum Gasteiger partial charge on any atom is -0.376 e. The summed E-state index contributed by atoms with van der Waals surface area (Å²) in [4.78, 5) is 12.8. The van der Waals surface area contributed by atoms with Crippen LogP contribution < -0.4 is 10.0 Å². The summed E-state index contributed by atoms with van der Waals surface area (Å²) in [7, 11) is -3.99. The predicted molar refractivity (Wildman–Crippen MR) is 120 cm³/mol. The van der Waals surface area contributed by atoms with E-state index in [-0.39, 0.29) is 16.1 Å². The lowest BCUT2D eigenvalue weighted by Crippen LogP contribution is -2.18. The van der Waals surface area contributed by atoms with Crippen molar-refractivity contribution in [3.8, 4) is 0 Å². The number of halogens is 1. The van der Waals surface area contributed by atoms with Crippen molar-refractivity contribution in [2.45, 2.75) is 24.3 Å². The van der Waals surface area contributed by atoms with Gasteiger partial charge < -0.3 is 10.1 Å². The van der Waals surface area contributed by atoms with Crippen LogP contribution in [0.15, 0.2) is 77.7 Å². The number of rotatable bonds is 9. The number of sulfonamides is 1. The molecule has 3 aromatic carbocycles. The highest BCUT2D eigenvalue weighted by molar-refractivity contribution is 7.92. The molecular weight excluding hydrogens is 431 g/mol. The van der Waals surface area contributed by atoms with E-state index in [2.05, 4.69) is 10.0 Å². The van der Waals surface area contributed by atoms with E-state index < -0.39 is 21.7 Å². The van der Waals surface area contributed by atoms with Crippen LogP contribution in [0, 0.1) is 11.7 Å². The third-order valence-electron chi connectivity index (χ3n) is 5.04. The third-order valence-corrected chi connectivity index (χ3v) is 6.43. The normalized spacial score (nSPS) is 13.5. The highest BCUT2D eigenvalue weighted by atomic mass is 32.2. The summed E-state index contributed by atoms with van der Waals surface area (Å²) in [5.41, 5.74) is 1.80. The number of benzene rings is 3. The lowest BCUT2D eigenvalue weighted by atomic mass is 10.1. The van der Waals surface area contributed by atoms with E-state index in [1.807, 2.05) is 18.2 Å². The Balaban J connectivity index is 1.47. The Morgan fingerprint density at radius 2 is 1.75 bits per heavy atom. The van der Waals surface area contributed by atoms with Crippen molar-refractivity contribution in [1.82, 2.24) is 0 Å². The van der Waals surface area contributed by atoms with Gasteiger partial charge >= 0.3 is 0 Å². The van der Waals surface area contributed by atoms with Gasteiger partial charge in [-0.05, 0) is 72.9 Å². The number of hydrogen-bond acceptors (Lipinski definition) is 4. The van der Waals surface area contributed by atoms with Gasteiger partial charge in [0.1, 0.15) is 5.82 Å². The minimum absolute atomic E-state index is 0.104. The molecule has 0 heterocycles. The number of anilines is 2. The van der Waals surface area contributed by atoms with E-state index in [1.165, 1.54) is 25.0 Å². The van der Waals surface area contributed by atoms with Crippen LogP contribution in [0.3, 0.4) is 0 Å². The van der Waals surface area contributed by atoms with Crippen molar-refractivity contribution in [2.75, 3.05) is 16.6 Å². The molecule has 0 unspecified atom stereocenters. The summed E-state index contributed by atoms with van der Waals surface area (Å²) in [5, 5.41) is 2.80. The Morgan fingerprint density at radius 1 is 1.00 bits per heavy atom. The molecule has 1 saturated carbocycles. The fraction of sp³-hybridized carbons (Fsp3) is 0.208. The first-order valence-corrected chi connectivity index (χ1v) is 11.7. The van der Waals surface area contributed by atoms with E-state index in [0.29, 0.717) is 18.2 Å². The average molecular weight is 455 g/mol. The van der Waals surface area contributed by atoms with E-state index in [1.54, 1.807) is 18.2 Å². The van der Waals surface area contributed by atoms with Crippen LogP contribution in [0.1, 0.15) is 28.8 Å². The minimum atomic E-state index is -3.99. The smallest absolute Gasteiger partial charge is 0.261 e. The molecule has 0 aromatic heterocycles. The van der Waals surface area contributed by atoms with Gasteiger partial charge in [0.05, 0.1) is 22.8 Å². The maximum Gasteiger partial charge on any atom is 0.261 e. The van der Waals surface area contributed by atoms with E-state index >= 15 is 0 Å². The standard InChI is InChI=1S/C24H23FN2O4S/c25-19-10-12-21(13-11-19)32(29,30)27-23-7-2-1-6-22(23)24(28)26-20-5-3-4-18(14-20)16-31-15-17-8-9-17/h1-7,10-14,17,27H,8-9,15-16H2,(H,26,28). The number of carbonyl (C=O) groups excluding carboxylic acids is 1.